The molecular formula is C18H25N3O4. The standard InChI is InChI=1S/C18H25N3O4/c1-24-15-9-7-14(8-10-15)21-12-16(25-18(21)23)11-19-17(22)20-13-5-3-2-4-6-13/h7-10,13,16H,2-6,11-12H2,1H3,(H2,19,20,22)/t16-/m0/s1. The second kappa shape index (κ2) is 8.09. The first-order valence-electron chi connectivity index (χ1n) is 8.82. The number of carbonyl (C=O) groups excluding carboxylic acids is 2. The van der Waals surface area contributed by atoms with Gasteiger partial charge in [-0.25, -0.2) is 9.59 Å². The highest BCUT2D eigenvalue weighted by Gasteiger charge is 2.32. The minimum atomic E-state index is -0.398. The summed E-state index contributed by atoms with van der Waals surface area (Å²) in [5.74, 6) is 0.730. The van der Waals surface area contributed by atoms with E-state index in [0.29, 0.717) is 13.1 Å². The van der Waals surface area contributed by atoms with Gasteiger partial charge in [0.1, 0.15) is 11.9 Å². The SMILES string of the molecule is COc1ccc(N2C[C@H](CNC(=O)NC3CCCCC3)OC2=O)cc1. The van der Waals surface area contributed by atoms with Crippen molar-refractivity contribution in [1.29, 1.82) is 0 Å². The zero-order valence-electron chi connectivity index (χ0n) is 14.5. The number of anilines is 1. The van der Waals surface area contributed by atoms with Gasteiger partial charge in [-0.3, -0.25) is 4.90 Å². The van der Waals surface area contributed by atoms with E-state index < -0.39 is 6.09 Å². The molecule has 1 saturated carbocycles. The van der Waals surface area contributed by atoms with Crippen molar-refractivity contribution in [3.05, 3.63) is 24.3 Å². The summed E-state index contributed by atoms with van der Waals surface area (Å²) in [5.41, 5.74) is 0.750. The number of nitrogens with zero attached hydrogens (tertiary/aromatic N) is 1. The number of cyclic esters (lactones) is 1. The molecule has 1 atom stereocenters. The average molecular weight is 347 g/mol. The van der Waals surface area contributed by atoms with Gasteiger partial charge < -0.3 is 20.1 Å². The number of methoxy groups -OCH3 is 1. The van der Waals surface area contributed by atoms with Gasteiger partial charge in [0.2, 0.25) is 0 Å². The fraction of sp³-hybridized carbons (Fsp3) is 0.556. The van der Waals surface area contributed by atoms with Gasteiger partial charge in [-0.15, -0.1) is 0 Å². The summed E-state index contributed by atoms with van der Waals surface area (Å²) < 4.78 is 10.5. The molecule has 1 aliphatic carbocycles. The predicted molar refractivity (Wildman–Crippen MR) is 94.0 cm³/mol. The maximum absolute atomic E-state index is 12.0. The molecule has 2 fully saturated rings. The van der Waals surface area contributed by atoms with Crippen LogP contribution in [0.15, 0.2) is 24.3 Å². The molecule has 1 saturated heterocycles. The quantitative estimate of drug-likeness (QED) is 0.858. The maximum atomic E-state index is 12.0. The summed E-state index contributed by atoms with van der Waals surface area (Å²) in [4.78, 5) is 25.6. The highest BCUT2D eigenvalue weighted by Crippen LogP contribution is 2.24. The van der Waals surface area contributed by atoms with Crippen LogP contribution in [0.5, 0.6) is 5.75 Å². The van der Waals surface area contributed by atoms with Crippen molar-refractivity contribution < 1.29 is 19.1 Å². The Morgan fingerprint density at radius 3 is 2.64 bits per heavy atom. The Morgan fingerprint density at radius 2 is 1.96 bits per heavy atom. The minimum absolute atomic E-state index is 0.189. The molecule has 3 rings (SSSR count). The van der Waals surface area contributed by atoms with Crippen molar-refractivity contribution in [2.75, 3.05) is 25.1 Å². The number of hydrogen-bond donors (Lipinski definition) is 2. The van der Waals surface area contributed by atoms with Gasteiger partial charge in [-0.05, 0) is 37.1 Å². The van der Waals surface area contributed by atoms with E-state index in [2.05, 4.69) is 10.6 Å². The van der Waals surface area contributed by atoms with Crippen LogP contribution < -0.4 is 20.3 Å². The molecule has 0 radical (unpaired) electrons. The maximum Gasteiger partial charge on any atom is 0.414 e. The molecule has 136 valence electrons. The fourth-order valence-corrected chi connectivity index (χ4v) is 3.29. The molecule has 1 aliphatic heterocycles. The Kier molecular flexibility index (Phi) is 5.63. The third-order valence-corrected chi connectivity index (χ3v) is 4.69. The first-order valence-corrected chi connectivity index (χ1v) is 8.82. The number of nitrogens with one attached hydrogen (secondary N) is 2. The van der Waals surface area contributed by atoms with E-state index in [9.17, 15) is 9.59 Å². The van der Waals surface area contributed by atoms with E-state index in [1.807, 2.05) is 12.1 Å². The third kappa shape index (κ3) is 4.55. The Bertz CT molecular complexity index is 599. The second-order valence-corrected chi connectivity index (χ2v) is 6.50. The van der Waals surface area contributed by atoms with Gasteiger partial charge in [-0.1, -0.05) is 19.3 Å². The van der Waals surface area contributed by atoms with Crippen LogP contribution in [0, 0.1) is 0 Å². The Balaban J connectivity index is 1.46. The number of urea groups is 1. The van der Waals surface area contributed by atoms with Crippen molar-refractivity contribution in [2.24, 2.45) is 0 Å². The minimum Gasteiger partial charge on any atom is -0.497 e. The van der Waals surface area contributed by atoms with E-state index in [0.717, 1.165) is 24.3 Å². The molecule has 1 heterocycles. The van der Waals surface area contributed by atoms with Crippen LogP contribution in [0.1, 0.15) is 32.1 Å². The van der Waals surface area contributed by atoms with Crippen molar-refractivity contribution >= 4 is 17.8 Å². The first kappa shape index (κ1) is 17.4. The van der Waals surface area contributed by atoms with Crippen molar-refractivity contribution in [3.63, 3.8) is 0 Å². The van der Waals surface area contributed by atoms with Crippen molar-refractivity contribution in [1.82, 2.24) is 10.6 Å². The van der Waals surface area contributed by atoms with Gasteiger partial charge in [-0.2, -0.15) is 0 Å². The van der Waals surface area contributed by atoms with E-state index in [-0.39, 0.29) is 18.2 Å². The molecule has 2 aliphatic rings. The van der Waals surface area contributed by atoms with Gasteiger partial charge in [0, 0.05) is 11.7 Å². The number of benzene rings is 1. The summed E-state index contributed by atoms with van der Waals surface area (Å²) in [7, 11) is 1.60. The van der Waals surface area contributed by atoms with E-state index in [1.54, 1.807) is 24.1 Å². The summed E-state index contributed by atoms with van der Waals surface area (Å²) >= 11 is 0. The number of hydrogen-bond acceptors (Lipinski definition) is 4. The lowest BCUT2D eigenvalue weighted by atomic mass is 9.96. The van der Waals surface area contributed by atoms with E-state index >= 15 is 0 Å². The molecule has 0 spiro atoms. The molecule has 3 amide bonds. The molecule has 25 heavy (non-hydrogen) atoms. The number of ether oxygens (including phenoxy) is 2. The van der Waals surface area contributed by atoms with Crippen LogP contribution in [-0.4, -0.2) is 44.5 Å². The topological polar surface area (TPSA) is 79.9 Å². The summed E-state index contributed by atoms with van der Waals surface area (Å²) in [6.07, 6.45) is 4.91. The second-order valence-electron chi connectivity index (χ2n) is 6.50. The zero-order chi connectivity index (χ0) is 17.6. The Hall–Kier alpha value is -2.44. The van der Waals surface area contributed by atoms with Crippen LogP contribution in [-0.2, 0) is 4.74 Å². The van der Waals surface area contributed by atoms with E-state index in [4.69, 9.17) is 9.47 Å². The van der Waals surface area contributed by atoms with Gasteiger partial charge >= 0.3 is 12.1 Å². The predicted octanol–water partition coefficient (Wildman–Crippen LogP) is 2.65. The van der Waals surface area contributed by atoms with Crippen LogP contribution in [0.3, 0.4) is 0 Å². The normalized spacial score (nSPS) is 20.9. The molecule has 0 bridgehead atoms. The molecule has 1 aromatic carbocycles. The largest absolute Gasteiger partial charge is 0.497 e. The molecular weight excluding hydrogens is 322 g/mol. The van der Waals surface area contributed by atoms with Crippen molar-refractivity contribution in [2.45, 2.75) is 44.2 Å². The number of amides is 3. The summed E-state index contributed by atoms with van der Waals surface area (Å²) in [6, 6.07) is 7.29. The monoisotopic (exact) mass is 347 g/mol. The Morgan fingerprint density at radius 1 is 1.24 bits per heavy atom. The summed E-state index contributed by atoms with van der Waals surface area (Å²) in [5, 5.41) is 5.80. The third-order valence-electron chi connectivity index (χ3n) is 4.69. The molecule has 2 N–H and O–H groups in total. The lowest BCUT2D eigenvalue weighted by Gasteiger charge is -2.23. The van der Waals surface area contributed by atoms with Crippen LogP contribution in [0.25, 0.3) is 0 Å². The first-order chi connectivity index (χ1) is 12.2. The smallest absolute Gasteiger partial charge is 0.414 e. The van der Waals surface area contributed by atoms with Crippen molar-refractivity contribution in [3.8, 4) is 5.75 Å². The molecule has 1 aromatic rings. The van der Waals surface area contributed by atoms with Crippen LogP contribution in [0.4, 0.5) is 15.3 Å². The van der Waals surface area contributed by atoms with Gasteiger partial charge in [0.25, 0.3) is 0 Å². The number of carbonyl (C=O) groups is 2. The highest BCUT2D eigenvalue weighted by molar-refractivity contribution is 5.89. The molecule has 7 nitrogen and oxygen atoms in total. The van der Waals surface area contributed by atoms with E-state index in [1.165, 1.54) is 19.3 Å². The number of rotatable bonds is 5. The van der Waals surface area contributed by atoms with Gasteiger partial charge in [0.05, 0.1) is 20.2 Å². The molecule has 7 heteroatoms. The highest BCUT2D eigenvalue weighted by atomic mass is 16.6. The Labute approximate surface area is 147 Å². The van der Waals surface area contributed by atoms with Crippen LogP contribution in [0.2, 0.25) is 0 Å². The van der Waals surface area contributed by atoms with Gasteiger partial charge in [0.15, 0.2) is 0 Å². The lowest BCUT2D eigenvalue weighted by Crippen LogP contribution is -2.45. The van der Waals surface area contributed by atoms with Crippen LogP contribution >= 0.6 is 0 Å². The lowest BCUT2D eigenvalue weighted by molar-refractivity contribution is 0.140. The molecule has 0 unspecified atom stereocenters. The zero-order valence-corrected chi connectivity index (χ0v) is 14.5. The fourth-order valence-electron chi connectivity index (χ4n) is 3.29. The summed E-state index contributed by atoms with van der Waals surface area (Å²) in [6.45, 7) is 0.714. The average Bonchev–Trinajstić information content (AvgIpc) is 3.02. The molecule has 0 aromatic heterocycles.